The molecular formula is C16H11ClFN5O2S. The van der Waals surface area contributed by atoms with Crippen LogP contribution in [0.15, 0.2) is 50.9 Å². The maximum absolute atomic E-state index is 13.9. The Balaban J connectivity index is 1.50. The first-order valence-corrected chi connectivity index (χ1v) is 8.81. The Bertz CT molecular complexity index is 1050. The van der Waals surface area contributed by atoms with E-state index in [1.54, 1.807) is 12.5 Å². The van der Waals surface area contributed by atoms with Crippen molar-refractivity contribution in [3.63, 3.8) is 0 Å². The van der Waals surface area contributed by atoms with E-state index < -0.39 is 5.82 Å². The third-order valence-corrected chi connectivity index (χ3v) is 4.82. The molecule has 0 amide bonds. The van der Waals surface area contributed by atoms with Gasteiger partial charge < -0.3 is 13.5 Å². The molecule has 0 atom stereocenters. The van der Waals surface area contributed by atoms with Gasteiger partial charge in [0.15, 0.2) is 16.8 Å². The van der Waals surface area contributed by atoms with E-state index in [1.165, 1.54) is 30.0 Å². The van der Waals surface area contributed by atoms with Crippen LogP contribution in [0.25, 0.3) is 22.8 Å². The van der Waals surface area contributed by atoms with Crippen LogP contribution in [-0.2, 0) is 12.8 Å². The molecule has 7 nitrogen and oxygen atoms in total. The van der Waals surface area contributed by atoms with Gasteiger partial charge in [0.25, 0.3) is 5.89 Å². The molecule has 1 aromatic carbocycles. The molecule has 0 unspecified atom stereocenters. The van der Waals surface area contributed by atoms with Gasteiger partial charge in [-0.3, -0.25) is 0 Å². The second-order valence-electron chi connectivity index (χ2n) is 5.31. The molecule has 0 saturated heterocycles. The number of rotatable bonds is 5. The summed E-state index contributed by atoms with van der Waals surface area (Å²) in [7, 11) is 1.85. The average molecular weight is 392 g/mol. The minimum atomic E-state index is -0.477. The summed E-state index contributed by atoms with van der Waals surface area (Å²) < 4.78 is 25.9. The Morgan fingerprint density at radius 2 is 2.15 bits per heavy atom. The quantitative estimate of drug-likeness (QED) is 0.471. The summed E-state index contributed by atoms with van der Waals surface area (Å²) in [5.74, 6) is 1.10. The van der Waals surface area contributed by atoms with E-state index >= 15 is 0 Å². The molecule has 0 N–H and O–H groups in total. The Labute approximate surface area is 156 Å². The Hall–Kier alpha value is -2.65. The van der Waals surface area contributed by atoms with Crippen LogP contribution < -0.4 is 0 Å². The van der Waals surface area contributed by atoms with E-state index in [2.05, 4.69) is 20.3 Å². The Kier molecular flexibility index (Phi) is 4.48. The van der Waals surface area contributed by atoms with E-state index in [9.17, 15) is 4.39 Å². The normalized spacial score (nSPS) is 11.2. The van der Waals surface area contributed by atoms with Gasteiger partial charge in [-0.05, 0) is 24.3 Å². The number of aromatic nitrogens is 5. The van der Waals surface area contributed by atoms with Crippen LogP contribution in [0.2, 0.25) is 5.02 Å². The second kappa shape index (κ2) is 6.93. The van der Waals surface area contributed by atoms with E-state index in [-0.39, 0.29) is 11.5 Å². The highest BCUT2D eigenvalue weighted by molar-refractivity contribution is 7.98. The topological polar surface area (TPSA) is 82.8 Å². The van der Waals surface area contributed by atoms with Crippen LogP contribution in [0.5, 0.6) is 0 Å². The van der Waals surface area contributed by atoms with Crippen LogP contribution in [0.3, 0.4) is 0 Å². The van der Waals surface area contributed by atoms with Gasteiger partial charge in [0.05, 0.1) is 23.1 Å². The predicted octanol–water partition coefficient (Wildman–Crippen LogP) is 4.21. The largest absolute Gasteiger partial charge is 0.472 e. The fourth-order valence-electron chi connectivity index (χ4n) is 2.30. The number of benzene rings is 1. The zero-order chi connectivity index (χ0) is 18.1. The molecule has 4 rings (SSSR count). The van der Waals surface area contributed by atoms with Crippen LogP contribution in [0.4, 0.5) is 4.39 Å². The van der Waals surface area contributed by atoms with Crippen molar-refractivity contribution in [3.8, 4) is 22.8 Å². The molecule has 0 aliphatic rings. The lowest BCUT2D eigenvalue weighted by molar-refractivity contribution is 0.422. The molecule has 0 bridgehead atoms. The summed E-state index contributed by atoms with van der Waals surface area (Å²) in [4.78, 5) is 4.21. The van der Waals surface area contributed by atoms with Gasteiger partial charge in [-0.15, -0.1) is 10.2 Å². The van der Waals surface area contributed by atoms with Crippen molar-refractivity contribution in [1.82, 2.24) is 24.9 Å². The molecule has 10 heteroatoms. The van der Waals surface area contributed by atoms with Crippen molar-refractivity contribution in [2.75, 3.05) is 0 Å². The first-order chi connectivity index (χ1) is 12.6. The van der Waals surface area contributed by atoms with Gasteiger partial charge in [-0.1, -0.05) is 28.5 Å². The monoisotopic (exact) mass is 391 g/mol. The molecular weight excluding hydrogens is 381 g/mol. The molecule has 0 radical (unpaired) electrons. The molecule has 0 aliphatic heterocycles. The highest BCUT2D eigenvalue weighted by atomic mass is 35.5. The Morgan fingerprint density at radius 1 is 1.27 bits per heavy atom. The van der Waals surface area contributed by atoms with E-state index in [0.717, 1.165) is 5.56 Å². The van der Waals surface area contributed by atoms with Crippen LogP contribution in [-0.4, -0.2) is 24.9 Å². The predicted molar refractivity (Wildman–Crippen MR) is 93.0 cm³/mol. The molecule has 0 aliphatic carbocycles. The number of nitrogens with zero attached hydrogens (tertiary/aromatic N) is 5. The molecule has 3 heterocycles. The summed E-state index contributed by atoms with van der Waals surface area (Å²) in [6.45, 7) is 0. The van der Waals surface area contributed by atoms with Crippen LogP contribution in [0.1, 0.15) is 5.82 Å². The molecule has 3 aromatic heterocycles. The third kappa shape index (κ3) is 3.23. The van der Waals surface area contributed by atoms with Crippen molar-refractivity contribution in [3.05, 3.63) is 53.5 Å². The zero-order valence-corrected chi connectivity index (χ0v) is 15.0. The number of thioether (sulfide) groups is 1. The van der Waals surface area contributed by atoms with Gasteiger partial charge in [-0.25, -0.2) is 4.39 Å². The van der Waals surface area contributed by atoms with E-state index in [0.29, 0.717) is 27.6 Å². The first-order valence-electron chi connectivity index (χ1n) is 7.44. The van der Waals surface area contributed by atoms with Gasteiger partial charge in [0.1, 0.15) is 12.1 Å². The minimum absolute atomic E-state index is 0.0812. The lowest BCUT2D eigenvalue weighted by Gasteiger charge is -2.00. The standard InChI is InChI=1S/C16H11ClFN5O2S/c1-23-14(9-4-5-24-7-9)20-21-16(23)26-8-13-19-15(25-22-13)11-6-10(17)2-3-12(11)18/h2-7H,8H2,1H3. The maximum Gasteiger partial charge on any atom is 0.260 e. The van der Waals surface area contributed by atoms with Crippen molar-refractivity contribution in [2.24, 2.45) is 7.05 Å². The van der Waals surface area contributed by atoms with Crippen LogP contribution in [0, 0.1) is 5.82 Å². The molecule has 0 saturated carbocycles. The summed E-state index contributed by atoms with van der Waals surface area (Å²) in [6, 6.07) is 5.97. The van der Waals surface area contributed by atoms with Crippen molar-refractivity contribution >= 4 is 23.4 Å². The molecule has 0 fully saturated rings. The minimum Gasteiger partial charge on any atom is -0.472 e. The van der Waals surface area contributed by atoms with Gasteiger partial charge in [0.2, 0.25) is 0 Å². The zero-order valence-electron chi connectivity index (χ0n) is 13.4. The van der Waals surface area contributed by atoms with Crippen molar-refractivity contribution < 1.29 is 13.3 Å². The van der Waals surface area contributed by atoms with Crippen molar-refractivity contribution in [1.29, 1.82) is 0 Å². The fourth-order valence-corrected chi connectivity index (χ4v) is 3.22. The number of furan rings is 1. The van der Waals surface area contributed by atoms with E-state index in [4.69, 9.17) is 20.5 Å². The number of hydrogen-bond donors (Lipinski definition) is 0. The molecule has 0 spiro atoms. The Morgan fingerprint density at radius 3 is 2.96 bits per heavy atom. The number of hydrogen-bond acceptors (Lipinski definition) is 7. The molecule has 4 aromatic rings. The summed E-state index contributed by atoms with van der Waals surface area (Å²) >= 11 is 7.28. The molecule has 132 valence electrons. The van der Waals surface area contributed by atoms with E-state index in [1.807, 2.05) is 17.7 Å². The average Bonchev–Trinajstić information content (AvgIpc) is 3.36. The lowest BCUT2D eigenvalue weighted by Crippen LogP contribution is -1.94. The lowest BCUT2D eigenvalue weighted by atomic mass is 10.2. The maximum atomic E-state index is 13.9. The first kappa shape index (κ1) is 16.8. The van der Waals surface area contributed by atoms with Crippen molar-refractivity contribution in [2.45, 2.75) is 10.9 Å². The van der Waals surface area contributed by atoms with Gasteiger partial charge in [0, 0.05) is 12.1 Å². The highest BCUT2D eigenvalue weighted by Gasteiger charge is 2.16. The van der Waals surface area contributed by atoms with Gasteiger partial charge in [-0.2, -0.15) is 4.98 Å². The molecule has 26 heavy (non-hydrogen) atoms. The second-order valence-corrected chi connectivity index (χ2v) is 6.68. The highest BCUT2D eigenvalue weighted by Crippen LogP contribution is 2.27. The SMILES string of the molecule is Cn1c(SCc2noc(-c3cc(Cl)ccc3F)n2)nnc1-c1ccoc1. The fraction of sp³-hybridized carbons (Fsp3) is 0.125. The summed E-state index contributed by atoms with van der Waals surface area (Å²) in [6.07, 6.45) is 3.18. The smallest absolute Gasteiger partial charge is 0.260 e. The third-order valence-electron chi connectivity index (χ3n) is 3.57. The summed E-state index contributed by atoms with van der Waals surface area (Å²) in [5.41, 5.74) is 1.01. The number of halogens is 2. The van der Waals surface area contributed by atoms with Gasteiger partial charge >= 0.3 is 0 Å². The van der Waals surface area contributed by atoms with Crippen LogP contribution >= 0.6 is 23.4 Å². The summed E-state index contributed by atoms with van der Waals surface area (Å²) in [5, 5.41) is 13.2.